The summed E-state index contributed by atoms with van der Waals surface area (Å²) in [6, 6.07) is 4.11. The van der Waals surface area contributed by atoms with E-state index < -0.39 is 11.4 Å². The lowest BCUT2D eigenvalue weighted by Crippen LogP contribution is -2.19. The topological polar surface area (TPSA) is 118 Å². The minimum absolute atomic E-state index is 0.0178. The van der Waals surface area contributed by atoms with Gasteiger partial charge in [-0.1, -0.05) is 0 Å². The van der Waals surface area contributed by atoms with Crippen LogP contribution in [0.15, 0.2) is 18.2 Å². The molecule has 1 aromatic rings. The Labute approximate surface area is 120 Å². The molecule has 21 heavy (non-hydrogen) atoms. The lowest BCUT2D eigenvalue weighted by atomic mass is 10.2. The fraction of sp³-hybridized carbons (Fsp3) is 0.417. The van der Waals surface area contributed by atoms with Crippen LogP contribution in [0.4, 0.5) is 0 Å². The van der Waals surface area contributed by atoms with Gasteiger partial charge < -0.3 is 19.3 Å². The van der Waals surface area contributed by atoms with Gasteiger partial charge in [-0.3, -0.25) is 10.4 Å². The standard InChI is InChI=1S/C12H17NO8/c1-18-11-8-9(2-3-10(11)14)12(15)20-6-4-19-5-7-21-13(16)17/h2-3,8,14,16-17H,4-7H2,1H3. The molecule has 0 unspecified atom stereocenters. The van der Waals surface area contributed by atoms with Gasteiger partial charge in [0.1, 0.15) is 6.61 Å². The summed E-state index contributed by atoms with van der Waals surface area (Å²) < 4.78 is 14.8. The van der Waals surface area contributed by atoms with E-state index in [-0.39, 0.29) is 43.5 Å². The molecule has 9 nitrogen and oxygen atoms in total. The van der Waals surface area contributed by atoms with Crippen LogP contribution in [0, 0.1) is 0 Å². The Morgan fingerprint density at radius 1 is 1.19 bits per heavy atom. The lowest BCUT2D eigenvalue weighted by molar-refractivity contribution is -0.493. The van der Waals surface area contributed by atoms with Crippen LogP contribution in [-0.4, -0.2) is 60.4 Å². The van der Waals surface area contributed by atoms with Gasteiger partial charge in [0.25, 0.3) is 0 Å². The molecule has 0 saturated heterocycles. The third-order valence-electron chi connectivity index (χ3n) is 2.31. The monoisotopic (exact) mass is 303 g/mol. The number of carbonyl (C=O) groups is 1. The van der Waals surface area contributed by atoms with E-state index in [1.807, 2.05) is 0 Å². The first kappa shape index (κ1) is 17.1. The molecule has 0 spiro atoms. The van der Waals surface area contributed by atoms with E-state index in [4.69, 9.17) is 24.6 Å². The predicted octanol–water partition coefficient (Wildman–Crippen LogP) is 0.586. The number of esters is 1. The van der Waals surface area contributed by atoms with Gasteiger partial charge in [-0.15, -0.1) is 0 Å². The van der Waals surface area contributed by atoms with E-state index in [0.717, 1.165) is 0 Å². The molecular formula is C12H17NO8. The summed E-state index contributed by atoms with van der Waals surface area (Å²) in [7, 11) is 1.37. The van der Waals surface area contributed by atoms with Crippen molar-refractivity contribution in [1.29, 1.82) is 0 Å². The van der Waals surface area contributed by atoms with Gasteiger partial charge in [-0.2, -0.15) is 0 Å². The largest absolute Gasteiger partial charge is 0.504 e. The number of phenols is 1. The fourth-order valence-corrected chi connectivity index (χ4v) is 1.36. The molecule has 0 atom stereocenters. The minimum atomic E-state index is -0.579. The molecular weight excluding hydrogens is 286 g/mol. The predicted molar refractivity (Wildman–Crippen MR) is 67.1 cm³/mol. The molecule has 0 aliphatic carbocycles. The van der Waals surface area contributed by atoms with Gasteiger partial charge in [-0.25, -0.2) is 9.63 Å². The van der Waals surface area contributed by atoms with Gasteiger partial charge in [0.15, 0.2) is 11.5 Å². The summed E-state index contributed by atoms with van der Waals surface area (Å²) in [5.41, 5.74) is 0.240. The van der Waals surface area contributed by atoms with Crippen LogP contribution in [0.3, 0.4) is 0 Å². The van der Waals surface area contributed by atoms with E-state index in [1.54, 1.807) is 0 Å². The number of aromatic hydroxyl groups is 1. The first-order valence-electron chi connectivity index (χ1n) is 5.97. The highest BCUT2D eigenvalue weighted by Gasteiger charge is 2.10. The normalized spacial score (nSPS) is 10.7. The molecule has 0 radical (unpaired) electrons. The number of methoxy groups -OCH3 is 1. The van der Waals surface area contributed by atoms with Crippen LogP contribution in [0.1, 0.15) is 10.4 Å². The number of carbonyl (C=O) groups excluding carboxylic acids is 1. The average molecular weight is 303 g/mol. The van der Waals surface area contributed by atoms with E-state index >= 15 is 0 Å². The van der Waals surface area contributed by atoms with Crippen molar-refractivity contribution in [3.8, 4) is 11.5 Å². The first-order chi connectivity index (χ1) is 10.0. The molecule has 1 aromatic carbocycles. The van der Waals surface area contributed by atoms with Crippen LogP contribution in [0.25, 0.3) is 0 Å². The van der Waals surface area contributed by atoms with Gasteiger partial charge in [-0.05, 0) is 18.2 Å². The molecule has 9 heteroatoms. The van der Waals surface area contributed by atoms with Crippen LogP contribution >= 0.6 is 0 Å². The second kappa shape index (κ2) is 9.10. The Morgan fingerprint density at radius 3 is 2.57 bits per heavy atom. The van der Waals surface area contributed by atoms with Crippen molar-refractivity contribution in [3.05, 3.63) is 23.8 Å². The highest BCUT2D eigenvalue weighted by molar-refractivity contribution is 5.90. The third kappa shape index (κ3) is 6.38. The number of nitrogens with zero attached hydrogens (tertiary/aromatic N) is 1. The molecule has 0 saturated carbocycles. The summed E-state index contributed by atoms with van der Waals surface area (Å²) >= 11 is 0. The maximum Gasteiger partial charge on any atom is 0.338 e. The maximum absolute atomic E-state index is 11.7. The van der Waals surface area contributed by atoms with Crippen molar-refractivity contribution in [2.45, 2.75) is 0 Å². The quantitative estimate of drug-likeness (QED) is 0.342. The Hall–Kier alpha value is -1.91. The highest BCUT2D eigenvalue weighted by atomic mass is 17.1. The van der Waals surface area contributed by atoms with Crippen molar-refractivity contribution in [2.75, 3.05) is 33.5 Å². The zero-order valence-electron chi connectivity index (χ0n) is 11.4. The van der Waals surface area contributed by atoms with Crippen LogP contribution < -0.4 is 4.74 Å². The molecule has 3 N–H and O–H groups in total. The molecule has 0 aliphatic heterocycles. The Kier molecular flexibility index (Phi) is 7.43. The molecule has 0 heterocycles. The first-order valence-corrected chi connectivity index (χ1v) is 5.97. The summed E-state index contributed by atoms with van der Waals surface area (Å²) in [4.78, 5) is 15.9. The molecule has 0 bridgehead atoms. The molecule has 0 aliphatic rings. The van der Waals surface area contributed by atoms with Crippen molar-refractivity contribution in [3.63, 3.8) is 0 Å². The van der Waals surface area contributed by atoms with E-state index in [0.29, 0.717) is 0 Å². The zero-order valence-corrected chi connectivity index (χ0v) is 11.4. The number of hydrogen-bond acceptors (Lipinski definition) is 9. The molecule has 1 rings (SSSR count). The number of ether oxygens (including phenoxy) is 3. The SMILES string of the molecule is COc1cc(C(=O)OCCOCCON(O)O)ccc1O. The van der Waals surface area contributed by atoms with Crippen LogP contribution in [0.5, 0.6) is 11.5 Å². The van der Waals surface area contributed by atoms with Gasteiger partial charge >= 0.3 is 5.97 Å². The second-order valence-corrected chi connectivity index (χ2v) is 3.72. The van der Waals surface area contributed by atoms with Crippen LogP contribution in [-0.2, 0) is 14.3 Å². The third-order valence-corrected chi connectivity index (χ3v) is 2.31. The Balaban J connectivity index is 2.25. The number of phenolic OH excluding ortho intramolecular Hbond substituents is 1. The van der Waals surface area contributed by atoms with Crippen LogP contribution in [0.2, 0.25) is 0 Å². The lowest BCUT2D eigenvalue weighted by Gasteiger charge is -2.08. The number of hydrogen-bond donors (Lipinski definition) is 3. The number of rotatable bonds is 9. The van der Waals surface area contributed by atoms with Gasteiger partial charge in [0.05, 0.1) is 37.9 Å². The zero-order chi connectivity index (χ0) is 15.7. The average Bonchev–Trinajstić information content (AvgIpc) is 2.46. The maximum atomic E-state index is 11.7. The van der Waals surface area contributed by atoms with Crippen molar-refractivity contribution < 1.29 is 39.4 Å². The van der Waals surface area contributed by atoms with Crippen molar-refractivity contribution in [1.82, 2.24) is 5.39 Å². The molecule has 0 aromatic heterocycles. The summed E-state index contributed by atoms with van der Waals surface area (Å²) in [5.74, 6) is -0.473. The molecule has 0 amide bonds. The fourth-order valence-electron chi connectivity index (χ4n) is 1.36. The van der Waals surface area contributed by atoms with Crippen molar-refractivity contribution in [2.24, 2.45) is 0 Å². The Bertz CT molecular complexity index is 451. The Morgan fingerprint density at radius 2 is 1.90 bits per heavy atom. The molecule has 0 fully saturated rings. The highest BCUT2D eigenvalue weighted by Crippen LogP contribution is 2.26. The summed E-state index contributed by atoms with van der Waals surface area (Å²) in [6.07, 6.45) is 0. The summed E-state index contributed by atoms with van der Waals surface area (Å²) in [5, 5.41) is 25.4. The van der Waals surface area contributed by atoms with E-state index in [9.17, 15) is 9.90 Å². The van der Waals surface area contributed by atoms with Gasteiger partial charge in [0, 0.05) is 0 Å². The number of benzene rings is 1. The second-order valence-electron chi connectivity index (χ2n) is 3.72. The smallest absolute Gasteiger partial charge is 0.338 e. The van der Waals surface area contributed by atoms with Gasteiger partial charge in [0.2, 0.25) is 0 Å². The minimum Gasteiger partial charge on any atom is -0.504 e. The van der Waals surface area contributed by atoms with E-state index in [2.05, 4.69) is 4.84 Å². The summed E-state index contributed by atoms with van der Waals surface area (Å²) in [6.45, 7) is 0.184. The van der Waals surface area contributed by atoms with E-state index in [1.165, 1.54) is 25.3 Å². The molecule has 118 valence electrons. The van der Waals surface area contributed by atoms with Crippen molar-refractivity contribution >= 4 is 5.97 Å².